The molecule has 0 radical (unpaired) electrons. The molecule has 0 aliphatic rings. The highest BCUT2D eigenvalue weighted by atomic mass is 35.5. The minimum absolute atomic E-state index is 0. The van der Waals surface area contributed by atoms with Crippen molar-refractivity contribution in [2.75, 3.05) is 39.6 Å². The van der Waals surface area contributed by atoms with Gasteiger partial charge in [-0.1, -0.05) is 0 Å². The molecule has 0 bridgehead atoms. The SMILES string of the molecule is CNCCNS(=O)(=O)CCCOC.Cl. The fourth-order valence-corrected chi connectivity index (χ4v) is 1.85. The van der Waals surface area contributed by atoms with E-state index in [0.717, 1.165) is 0 Å². The van der Waals surface area contributed by atoms with E-state index in [2.05, 4.69) is 10.0 Å². The predicted octanol–water partition coefficient (Wildman–Crippen LogP) is -0.416. The Balaban J connectivity index is 0. The number of ether oxygens (including phenoxy) is 1. The summed E-state index contributed by atoms with van der Waals surface area (Å²) < 4.78 is 29.6. The van der Waals surface area contributed by atoms with Crippen molar-refractivity contribution in [3.63, 3.8) is 0 Å². The van der Waals surface area contributed by atoms with Crippen molar-refractivity contribution in [1.29, 1.82) is 0 Å². The fourth-order valence-electron chi connectivity index (χ4n) is 0.797. The summed E-state index contributed by atoms with van der Waals surface area (Å²) in [6, 6.07) is 0. The average Bonchev–Trinajstić information content (AvgIpc) is 2.05. The van der Waals surface area contributed by atoms with E-state index in [0.29, 0.717) is 26.1 Å². The molecular formula is C7H19ClN2O3S. The van der Waals surface area contributed by atoms with Crippen molar-refractivity contribution in [1.82, 2.24) is 10.0 Å². The second-order valence-electron chi connectivity index (χ2n) is 2.66. The lowest BCUT2D eigenvalue weighted by molar-refractivity contribution is 0.199. The minimum atomic E-state index is -3.10. The van der Waals surface area contributed by atoms with Gasteiger partial charge in [-0.2, -0.15) is 0 Å². The van der Waals surface area contributed by atoms with Crippen LogP contribution in [0.5, 0.6) is 0 Å². The van der Waals surface area contributed by atoms with Crippen LogP contribution in [0.3, 0.4) is 0 Å². The Morgan fingerprint density at radius 1 is 1.29 bits per heavy atom. The van der Waals surface area contributed by atoms with Crippen LogP contribution < -0.4 is 10.0 Å². The lowest BCUT2D eigenvalue weighted by Gasteiger charge is -2.05. The molecule has 88 valence electrons. The monoisotopic (exact) mass is 246 g/mol. The van der Waals surface area contributed by atoms with Gasteiger partial charge in [0.05, 0.1) is 5.75 Å². The van der Waals surface area contributed by atoms with Crippen LogP contribution in [-0.2, 0) is 14.8 Å². The lowest BCUT2D eigenvalue weighted by Crippen LogP contribution is -2.32. The van der Waals surface area contributed by atoms with Crippen LogP contribution in [0.25, 0.3) is 0 Å². The van der Waals surface area contributed by atoms with E-state index in [-0.39, 0.29) is 18.2 Å². The summed E-state index contributed by atoms with van der Waals surface area (Å²) in [4.78, 5) is 0. The van der Waals surface area contributed by atoms with Gasteiger partial charge in [0.2, 0.25) is 10.0 Å². The summed E-state index contributed by atoms with van der Waals surface area (Å²) in [5.41, 5.74) is 0. The highest BCUT2D eigenvalue weighted by molar-refractivity contribution is 7.89. The van der Waals surface area contributed by atoms with E-state index < -0.39 is 10.0 Å². The molecule has 0 aliphatic heterocycles. The number of sulfonamides is 1. The Morgan fingerprint density at radius 3 is 2.43 bits per heavy atom. The van der Waals surface area contributed by atoms with Gasteiger partial charge in [0.15, 0.2) is 0 Å². The third-order valence-electron chi connectivity index (χ3n) is 1.46. The summed E-state index contributed by atoms with van der Waals surface area (Å²) in [5, 5.41) is 2.86. The van der Waals surface area contributed by atoms with Gasteiger partial charge in [0, 0.05) is 26.8 Å². The number of methoxy groups -OCH3 is 1. The highest BCUT2D eigenvalue weighted by Gasteiger charge is 2.07. The Morgan fingerprint density at radius 2 is 1.93 bits per heavy atom. The molecule has 0 atom stereocenters. The number of nitrogens with one attached hydrogen (secondary N) is 2. The molecule has 0 fully saturated rings. The van der Waals surface area contributed by atoms with Crippen LogP contribution in [0.2, 0.25) is 0 Å². The number of likely N-dealkylation sites (N-methyl/N-ethyl adjacent to an activating group) is 1. The molecule has 5 nitrogen and oxygen atoms in total. The zero-order valence-electron chi connectivity index (χ0n) is 8.58. The Kier molecular flexibility index (Phi) is 11.4. The number of hydrogen-bond acceptors (Lipinski definition) is 4. The molecule has 0 spiro atoms. The van der Waals surface area contributed by atoms with E-state index in [4.69, 9.17) is 4.74 Å². The average molecular weight is 247 g/mol. The molecule has 0 saturated carbocycles. The molecule has 0 saturated heterocycles. The van der Waals surface area contributed by atoms with E-state index >= 15 is 0 Å². The van der Waals surface area contributed by atoms with E-state index in [9.17, 15) is 8.42 Å². The molecular weight excluding hydrogens is 228 g/mol. The summed E-state index contributed by atoms with van der Waals surface area (Å²) >= 11 is 0. The molecule has 2 N–H and O–H groups in total. The number of hydrogen-bond donors (Lipinski definition) is 2. The normalized spacial score (nSPS) is 11.0. The first kappa shape index (κ1) is 16.5. The van der Waals surface area contributed by atoms with Crippen LogP contribution in [0.15, 0.2) is 0 Å². The first-order valence-corrected chi connectivity index (χ1v) is 5.88. The number of rotatable bonds is 8. The lowest BCUT2D eigenvalue weighted by atomic mass is 10.5. The molecule has 14 heavy (non-hydrogen) atoms. The van der Waals surface area contributed by atoms with Crippen LogP contribution in [0, 0.1) is 0 Å². The second-order valence-corrected chi connectivity index (χ2v) is 4.59. The highest BCUT2D eigenvalue weighted by Crippen LogP contribution is 1.89. The first-order valence-electron chi connectivity index (χ1n) is 4.23. The maximum absolute atomic E-state index is 11.2. The van der Waals surface area contributed by atoms with E-state index in [1.54, 1.807) is 14.2 Å². The summed E-state index contributed by atoms with van der Waals surface area (Å²) in [6.45, 7) is 1.56. The van der Waals surface area contributed by atoms with Crippen molar-refractivity contribution in [2.24, 2.45) is 0 Å². The molecule has 7 heteroatoms. The van der Waals surface area contributed by atoms with Gasteiger partial charge < -0.3 is 10.1 Å². The van der Waals surface area contributed by atoms with Crippen molar-refractivity contribution in [3.05, 3.63) is 0 Å². The third-order valence-corrected chi connectivity index (χ3v) is 2.93. The first-order chi connectivity index (χ1) is 6.12. The van der Waals surface area contributed by atoms with Gasteiger partial charge in [-0.25, -0.2) is 13.1 Å². The van der Waals surface area contributed by atoms with E-state index in [1.165, 1.54) is 0 Å². The zero-order valence-corrected chi connectivity index (χ0v) is 10.2. The van der Waals surface area contributed by atoms with Crippen molar-refractivity contribution in [2.45, 2.75) is 6.42 Å². The third kappa shape index (κ3) is 10.2. The molecule has 0 aromatic carbocycles. The zero-order chi connectivity index (χ0) is 10.2. The van der Waals surface area contributed by atoms with Crippen LogP contribution in [0.1, 0.15) is 6.42 Å². The van der Waals surface area contributed by atoms with Gasteiger partial charge in [-0.15, -0.1) is 12.4 Å². The van der Waals surface area contributed by atoms with Crippen LogP contribution >= 0.6 is 12.4 Å². The Bertz CT molecular complexity index is 193. The maximum atomic E-state index is 11.2. The van der Waals surface area contributed by atoms with Gasteiger partial charge in [-0.3, -0.25) is 0 Å². The minimum Gasteiger partial charge on any atom is -0.385 e. The molecule has 0 aromatic rings. The number of halogens is 1. The Labute approximate surface area is 92.1 Å². The van der Waals surface area contributed by atoms with Gasteiger partial charge in [0.25, 0.3) is 0 Å². The van der Waals surface area contributed by atoms with Gasteiger partial charge in [0.1, 0.15) is 0 Å². The van der Waals surface area contributed by atoms with Crippen molar-refractivity contribution in [3.8, 4) is 0 Å². The topological polar surface area (TPSA) is 67.4 Å². The Hall–Kier alpha value is 0.120. The largest absolute Gasteiger partial charge is 0.385 e. The van der Waals surface area contributed by atoms with Gasteiger partial charge in [-0.05, 0) is 13.5 Å². The standard InChI is InChI=1S/C7H18N2O3S.ClH/c1-8-4-5-9-13(10,11)7-3-6-12-2;/h8-9H,3-7H2,1-2H3;1H. The van der Waals surface area contributed by atoms with Crippen molar-refractivity contribution >= 4 is 22.4 Å². The van der Waals surface area contributed by atoms with Gasteiger partial charge >= 0.3 is 0 Å². The fraction of sp³-hybridized carbons (Fsp3) is 1.00. The smallest absolute Gasteiger partial charge is 0.211 e. The predicted molar refractivity (Wildman–Crippen MR) is 59.5 cm³/mol. The molecule has 0 heterocycles. The molecule has 0 unspecified atom stereocenters. The quantitative estimate of drug-likeness (QED) is 0.571. The summed E-state index contributed by atoms with van der Waals surface area (Å²) in [6.07, 6.45) is 0.533. The molecule has 0 aliphatic carbocycles. The van der Waals surface area contributed by atoms with Crippen LogP contribution in [-0.4, -0.2) is 48.0 Å². The summed E-state index contributed by atoms with van der Waals surface area (Å²) in [5.74, 6) is 0.130. The van der Waals surface area contributed by atoms with Crippen LogP contribution in [0.4, 0.5) is 0 Å². The van der Waals surface area contributed by atoms with E-state index in [1.807, 2.05) is 0 Å². The second kappa shape index (κ2) is 9.67. The molecule has 0 amide bonds. The summed E-state index contributed by atoms with van der Waals surface area (Å²) in [7, 11) is 0.238. The van der Waals surface area contributed by atoms with Crippen molar-refractivity contribution < 1.29 is 13.2 Å². The maximum Gasteiger partial charge on any atom is 0.211 e. The molecule has 0 aromatic heterocycles. The molecule has 0 rings (SSSR count).